The van der Waals surface area contributed by atoms with Gasteiger partial charge in [0.05, 0.1) is 10.0 Å². The maximum Gasteiger partial charge on any atom is 0.514 e. The highest BCUT2D eigenvalue weighted by Crippen LogP contribution is 2.43. The Kier molecular flexibility index (Phi) is 9.02. The molecule has 0 saturated carbocycles. The van der Waals surface area contributed by atoms with Gasteiger partial charge in [-0.1, -0.05) is 34.8 Å². The number of carbonyl (C=O) groups is 4. The second-order valence-electron chi connectivity index (χ2n) is 9.66. The molecule has 0 radical (unpaired) electrons. The predicted octanol–water partition coefficient (Wildman–Crippen LogP) is 5.44. The highest BCUT2D eigenvalue weighted by molar-refractivity contribution is 7.92. The van der Waals surface area contributed by atoms with Crippen LogP contribution in [0.25, 0.3) is 0 Å². The van der Waals surface area contributed by atoms with Crippen LogP contribution in [0.2, 0.25) is 15.1 Å². The first kappa shape index (κ1) is 31.2. The Morgan fingerprint density at radius 3 is 2.44 bits per heavy atom. The first-order valence-corrected chi connectivity index (χ1v) is 15.8. The van der Waals surface area contributed by atoms with E-state index in [1.165, 1.54) is 53.5 Å². The highest BCUT2D eigenvalue weighted by Gasteiger charge is 2.66. The Morgan fingerprint density at radius 2 is 1.81 bits per heavy atom. The molecule has 0 spiro atoms. The van der Waals surface area contributed by atoms with E-state index in [0.29, 0.717) is 10.0 Å². The quantitative estimate of drug-likeness (QED) is 0.142. The van der Waals surface area contributed by atoms with Gasteiger partial charge in [-0.25, -0.2) is 4.79 Å². The molecule has 2 fully saturated rings. The summed E-state index contributed by atoms with van der Waals surface area (Å²) in [5.41, 5.74) is -1.89. The third-order valence-electron chi connectivity index (χ3n) is 6.77. The fourth-order valence-electron chi connectivity index (χ4n) is 4.74. The minimum atomic E-state index is -1.91. The van der Waals surface area contributed by atoms with E-state index in [1.807, 2.05) is 0 Å². The van der Waals surface area contributed by atoms with Crippen LogP contribution >= 0.6 is 46.1 Å². The number of halogens is 3. The number of β-lactam (4-membered cyclic amide) rings is 1. The van der Waals surface area contributed by atoms with Crippen molar-refractivity contribution >= 4 is 86.3 Å². The Hall–Kier alpha value is -3.20. The Labute approximate surface area is 266 Å². The van der Waals surface area contributed by atoms with Crippen molar-refractivity contribution in [3.05, 3.63) is 69.0 Å². The summed E-state index contributed by atoms with van der Waals surface area (Å²) in [5.74, 6) is -2.74. The highest BCUT2D eigenvalue weighted by atomic mass is 35.5. The van der Waals surface area contributed by atoms with Crippen molar-refractivity contribution in [1.29, 1.82) is 0 Å². The van der Waals surface area contributed by atoms with Crippen LogP contribution in [0, 0.1) is 5.41 Å². The van der Waals surface area contributed by atoms with Gasteiger partial charge in [0.1, 0.15) is 18.1 Å². The molecule has 3 unspecified atom stereocenters. The minimum absolute atomic E-state index is 0.0399. The normalized spacial score (nSPS) is 22.7. The molecule has 0 bridgehead atoms. The molecule has 11 nitrogen and oxygen atoms in total. The van der Waals surface area contributed by atoms with Crippen molar-refractivity contribution in [3.63, 3.8) is 0 Å². The summed E-state index contributed by atoms with van der Waals surface area (Å²) in [6.45, 7) is 0.149. The largest absolute Gasteiger partial charge is 0.615 e. The van der Waals surface area contributed by atoms with Crippen molar-refractivity contribution in [3.8, 4) is 17.2 Å². The van der Waals surface area contributed by atoms with Gasteiger partial charge in [0.25, 0.3) is 5.91 Å². The molecule has 2 saturated heterocycles. The second kappa shape index (κ2) is 12.4. The lowest BCUT2D eigenvalue weighted by atomic mass is 9.88. The van der Waals surface area contributed by atoms with Gasteiger partial charge in [-0.05, 0) is 59.0 Å². The zero-order chi connectivity index (χ0) is 31.1. The molecule has 2 aliphatic heterocycles. The molecular formula is C27H21Cl3N2O9S2. The Balaban J connectivity index is 1.29. The van der Waals surface area contributed by atoms with E-state index in [0.717, 1.165) is 4.90 Å². The van der Waals surface area contributed by atoms with Gasteiger partial charge in [0, 0.05) is 29.6 Å². The van der Waals surface area contributed by atoms with Gasteiger partial charge in [0.2, 0.25) is 11.3 Å². The molecule has 2 aromatic carbocycles. The van der Waals surface area contributed by atoms with Crippen LogP contribution in [-0.2, 0) is 30.3 Å². The molecule has 2 amide bonds. The second-order valence-corrected chi connectivity index (χ2v) is 13.4. The average Bonchev–Trinajstić information content (AvgIpc) is 3.47. The fourth-order valence-corrected chi connectivity index (χ4v) is 8.16. The van der Waals surface area contributed by atoms with Gasteiger partial charge >= 0.3 is 12.1 Å². The van der Waals surface area contributed by atoms with Crippen molar-refractivity contribution in [2.45, 2.75) is 18.3 Å². The number of thiophene rings is 1. The summed E-state index contributed by atoms with van der Waals surface area (Å²) in [6.07, 6.45) is -1.30. The van der Waals surface area contributed by atoms with Crippen molar-refractivity contribution in [1.82, 2.24) is 4.90 Å². The number of ether oxygens (including phenoxy) is 3. The topological polar surface area (TPSA) is 146 Å². The van der Waals surface area contributed by atoms with Gasteiger partial charge in [-0.2, -0.15) is 0 Å². The SMILES string of the molecule is CC(=O)N(c1cccs1)C1C(=O)N2CC(COC(=O)Oc3cc(Cl)ccc3Oc3ccc(Cl)cc3Cl)(C(=O)O)C[S+]([O-])[C@H]12. The smallest absolute Gasteiger partial charge is 0.514 e. The molecule has 43 heavy (non-hydrogen) atoms. The Morgan fingerprint density at radius 1 is 1.12 bits per heavy atom. The average molecular weight is 688 g/mol. The summed E-state index contributed by atoms with van der Waals surface area (Å²) in [5, 5.41) is 12.2. The lowest BCUT2D eigenvalue weighted by Crippen LogP contribution is -2.79. The van der Waals surface area contributed by atoms with Crippen LogP contribution in [-0.4, -0.2) is 68.8 Å². The number of fused-ring (bicyclic) bond motifs is 1. The number of hydrogen-bond donors (Lipinski definition) is 1. The van der Waals surface area contributed by atoms with Crippen LogP contribution in [0.1, 0.15) is 6.92 Å². The number of rotatable bonds is 8. The number of hydrogen-bond acceptors (Lipinski definition) is 9. The molecule has 16 heteroatoms. The molecule has 3 aromatic rings. The van der Waals surface area contributed by atoms with E-state index < -0.39 is 70.9 Å². The zero-order valence-electron chi connectivity index (χ0n) is 22.0. The first-order valence-electron chi connectivity index (χ1n) is 12.4. The van der Waals surface area contributed by atoms with Crippen LogP contribution in [0.15, 0.2) is 53.9 Å². The molecule has 3 heterocycles. The minimum Gasteiger partial charge on any atom is -0.615 e. The number of aliphatic carboxylic acids is 1. The van der Waals surface area contributed by atoms with Crippen molar-refractivity contribution < 1.29 is 43.0 Å². The number of carboxylic acids is 1. The number of amides is 2. The lowest BCUT2D eigenvalue weighted by molar-refractivity contribution is -0.160. The molecule has 1 N–H and O–H groups in total. The van der Waals surface area contributed by atoms with E-state index in [2.05, 4.69) is 0 Å². The van der Waals surface area contributed by atoms with Crippen molar-refractivity contribution in [2.24, 2.45) is 5.41 Å². The maximum atomic E-state index is 13.4. The first-order chi connectivity index (χ1) is 20.4. The van der Waals surface area contributed by atoms with Crippen LogP contribution in [0.4, 0.5) is 9.80 Å². The number of carboxylic acid groups (broad SMARTS) is 1. The summed E-state index contributed by atoms with van der Waals surface area (Å²) in [6, 6.07) is 11.0. The molecule has 5 rings (SSSR count). The molecular weight excluding hydrogens is 667 g/mol. The standard InChI is InChI=1S/C27H21Cl3N2O9S2/c1-14(33)32(21-3-2-8-42-21)22-23(34)31-11-27(25(35)36,13-43(38)24(22)31)12-39-26(37)41-20-10-16(29)5-7-19(20)40-18-6-4-15(28)9-17(18)30/h2-10,22,24H,11-13H2,1H3,(H,35,36)/t22?,24-,27?,43?/m1/s1. The van der Waals surface area contributed by atoms with E-state index in [4.69, 9.17) is 49.0 Å². The number of nitrogens with zero attached hydrogens (tertiary/aromatic N) is 2. The van der Waals surface area contributed by atoms with E-state index in [9.17, 15) is 28.8 Å². The predicted molar refractivity (Wildman–Crippen MR) is 160 cm³/mol. The summed E-state index contributed by atoms with van der Waals surface area (Å²) in [7, 11) is 0. The molecule has 0 aliphatic carbocycles. The number of carbonyl (C=O) groups excluding carboxylic acids is 3. The third kappa shape index (κ3) is 6.24. The van der Waals surface area contributed by atoms with Crippen LogP contribution in [0.5, 0.6) is 17.2 Å². The number of benzene rings is 2. The van der Waals surface area contributed by atoms with E-state index >= 15 is 0 Å². The fraction of sp³-hybridized carbons (Fsp3) is 0.259. The lowest BCUT2D eigenvalue weighted by Gasteiger charge is -2.55. The molecule has 1 aromatic heterocycles. The monoisotopic (exact) mass is 686 g/mol. The van der Waals surface area contributed by atoms with Crippen LogP contribution in [0.3, 0.4) is 0 Å². The zero-order valence-corrected chi connectivity index (χ0v) is 25.9. The van der Waals surface area contributed by atoms with Gasteiger partial charge < -0.3 is 23.9 Å². The molecule has 226 valence electrons. The van der Waals surface area contributed by atoms with Gasteiger partial charge in [-0.3, -0.25) is 24.2 Å². The van der Waals surface area contributed by atoms with E-state index in [-0.39, 0.29) is 27.3 Å². The van der Waals surface area contributed by atoms with Gasteiger partial charge in [-0.15, -0.1) is 11.3 Å². The van der Waals surface area contributed by atoms with Crippen molar-refractivity contribution in [2.75, 3.05) is 23.8 Å². The molecule has 2 aliphatic rings. The summed E-state index contributed by atoms with van der Waals surface area (Å²) in [4.78, 5) is 53.1. The number of anilines is 1. The third-order valence-corrected chi connectivity index (χ3v) is 10.3. The van der Waals surface area contributed by atoms with Crippen LogP contribution < -0.4 is 14.4 Å². The summed E-state index contributed by atoms with van der Waals surface area (Å²) < 4.78 is 29.6. The Bertz CT molecular complexity index is 1590. The molecule has 4 atom stereocenters. The van der Waals surface area contributed by atoms with E-state index in [1.54, 1.807) is 23.6 Å². The van der Waals surface area contributed by atoms with Gasteiger partial charge in [0.15, 0.2) is 23.0 Å². The summed E-state index contributed by atoms with van der Waals surface area (Å²) >= 11 is 17.5. The maximum absolute atomic E-state index is 13.4.